The molecule has 150 valence electrons. The van der Waals surface area contributed by atoms with Gasteiger partial charge in [-0.1, -0.05) is 23.9 Å². The quantitative estimate of drug-likeness (QED) is 0.514. The number of allylic oxidation sites excluding steroid dienone is 1. The summed E-state index contributed by atoms with van der Waals surface area (Å²) in [4.78, 5) is 31.8. The molecule has 1 amide bonds. The number of esters is 1. The zero-order chi connectivity index (χ0) is 20.3. The molecule has 0 saturated carbocycles. The Morgan fingerprint density at radius 2 is 1.96 bits per heavy atom. The zero-order valence-corrected chi connectivity index (χ0v) is 17.2. The second kappa shape index (κ2) is 8.79. The number of amidine groups is 1. The predicted octanol–water partition coefficient (Wildman–Crippen LogP) is 2.92. The van der Waals surface area contributed by atoms with Gasteiger partial charge in [-0.3, -0.25) is 9.69 Å². The first-order chi connectivity index (χ1) is 13.5. The Morgan fingerprint density at radius 3 is 2.61 bits per heavy atom. The molecule has 0 radical (unpaired) electrons. The summed E-state index contributed by atoms with van der Waals surface area (Å²) in [5.74, 6) is 0.169. The van der Waals surface area contributed by atoms with Crippen molar-refractivity contribution in [3.8, 4) is 5.75 Å². The van der Waals surface area contributed by atoms with Gasteiger partial charge in [0.25, 0.3) is 0 Å². The molecule has 1 saturated heterocycles. The number of hydrogen-bond donors (Lipinski definition) is 0. The van der Waals surface area contributed by atoms with Crippen LogP contribution in [0.5, 0.6) is 5.75 Å². The summed E-state index contributed by atoms with van der Waals surface area (Å²) in [6.07, 6.45) is 0. The third kappa shape index (κ3) is 3.93. The lowest BCUT2D eigenvalue weighted by atomic mass is 9.94. The molecule has 0 spiro atoms. The average Bonchev–Trinajstić information content (AvgIpc) is 2.95. The van der Waals surface area contributed by atoms with Gasteiger partial charge in [-0.2, -0.15) is 0 Å². The van der Waals surface area contributed by atoms with Crippen LogP contribution >= 0.6 is 11.8 Å². The first-order valence-electron chi connectivity index (χ1n) is 9.16. The van der Waals surface area contributed by atoms with Gasteiger partial charge in [-0.15, -0.1) is 0 Å². The van der Waals surface area contributed by atoms with Crippen molar-refractivity contribution in [3.05, 3.63) is 41.1 Å². The van der Waals surface area contributed by atoms with Gasteiger partial charge < -0.3 is 14.2 Å². The monoisotopic (exact) mass is 404 g/mol. The Hall–Kier alpha value is -2.32. The minimum Gasteiger partial charge on any atom is -0.494 e. The number of fused-ring (bicyclic) bond motifs is 1. The number of nitrogens with zero attached hydrogens (tertiary/aromatic N) is 2. The van der Waals surface area contributed by atoms with E-state index in [1.807, 2.05) is 38.1 Å². The molecule has 0 aliphatic carbocycles. The Morgan fingerprint density at radius 1 is 1.25 bits per heavy atom. The maximum absolute atomic E-state index is 12.8. The van der Waals surface area contributed by atoms with Gasteiger partial charge in [0.05, 0.1) is 35.8 Å². The van der Waals surface area contributed by atoms with Crippen molar-refractivity contribution in [1.82, 2.24) is 4.90 Å². The minimum absolute atomic E-state index is 0.0719. The van der Waals surface area contributed by atoms with E-state index in [1.54, 1.807) is 18.9 Å². The molecule has 2 heterocycles. The highest BCUT2D eigenvalue weighted by Crippen LogP contribution is 2.43. The summed E-state index contributed by atoms with van der Waals surface area (Å²) in [5.41, 5.74) is 1.73. The summed E-state index contributed by atoms with van der Waals surface area (Å²) < 4.78 is 15.8. The van der Waals surface area contributed by atoms with Crippen LogP contribution in [0.4, 0.5) is 0 Å². The Bertz CT molecular complexity index is 818. The van der Waals surface area contributed by atoms with Crippen LogP contribution in [0.15, 0.2) is 40.5 Å². The molecule has 0 aromatic heterocycles. The summed E-state index contributed by atoms with van der Waals surface area (Å²) in [5, 5.41) is 0.364. The predicted molar refractivity (Wildman–Crippen MR) is 107 cm³/mol. The van der Waals surface area contributed by atoms with E-state index in [0.29, 0.717) is 29.7 Å². The Labute approximate surface area is 168 Å². The van der Waals surface area contributed by atoms with Crippen molar-refractivity contribution in [3.63, 3.8) is 0 Å². The van der Waals surface area contributed by atoms with E-state index < -0.39 is 12.0 Å². The van der Waals surface area contributed by atoms with Crippen molar-refractivity contribution in [2.75, 3.05) is 26.9 Å². The largest absolute Gasteiger partial charge is 0.494 e. The number of ether oxygens (including phenoxy) is 3. The van der Waals surface area contributed by atoms with Gasteiger partial charge >= 0.3 is 5.97 Å². The number of methoxy groups -OCH3 is 1. The molecule has 3 rings (SSSR count). The maximum Gasteiger partial charge on any atom is 0.338 e. The van der Waals surface area contributed by atoms with Crippen LogP contribution in [0.25, 0.3) is 0 Å². The number of amides is 1. The molecule has 1 aromatic rings. The number of aliphatic imine (C=N–C) groups is 1. The molecule has 2 atom stereocenters. The lowest BCUT2D eigenvalue weighted by Crippen LogP contribution is -2.40. The molecule has 28 heavy (non-hydrogen) atoms. The topological polar surface area (TPSA) is 77.4 Å². The third-order valence-electron chi connectivity index (χ3n) is 4.51. The molecule has 1 fully saturated rings. The van der Waals surface area contributed by atoms with Crippen LogP contribution in [0.3, 0.4) is 0 Å². The van der Waals surface area contributed by atoms with Gasteiger partial charge in [-0.25, -0.2) is 9.79 Å². The fourth-order valence-corrected chi connectivity index (χ4v) is 4.22. The summed E-state index contributed by atoms with van der Waals surface area (Å²) in [7, 11) is 1.54. The fraction of sp³-hybridized carbons (Fsp3) is 0.450. The van der Waals surface area contributed by atoms with Gasteiger partial charge in [0.1, 0.15) is 12.4 Å². The summed E-state index contributed by atoms with van der Waals surface area (Å²) >= 11 is 1.40. The smallest absolute Gasteiger partial charge is 0.338 e. The molecular formula is C20H24N2O5S. The second-order valence-corrected chi connectivity index (χ2v) is 7.70. The normalized spacial score (nSPS) is 21.5. The minimum atomic E-state index is -0.580. The highest BCUT2D eigenvalue weighted by molar-refractivity contribution is 8.15. The molecule has 8 heteroatoms. The molecule has 1 aromatic carbocycles. The summed E-state index contributed by atoms with van der Waals surface area (Å²) in [6, 6.07) is 6.84. The average molecular weight is 404 g/mol. The van der Waals surface area contributed by atoms with E-state index in [0.717, 1.165) is 11.3 Å². The van der Waals surface area contributed by atoms with Crippen LogP contribution < -0.4 is 4.74 Å². The van der Waals surface area contributed by atoms with E-state index in [1.165, 1.54) is 11.8 Å². The van der Waals surface area contributed by atoms with Gasteiger partial charge in [0.2, 0.25) is 5.91 Å². The molecule has 0 bridgehead atoms. The summed E-state index contributed by atoms with van der Waals surface area (Å²) in [6.45, 7) is 6.53. The van der Waals surface area contributed by atoms with E-state index in [4.69, 9.17) is 14.2 Å². The van der Waals surface area contributed by atoms with Crippen molar-refractivity contribution >= 4 is 28.8 Å². The van der Waals surface area contributed by atoms with Gasteiger partial charge in [-0.05, 0) is 38.5 Å². The molecule has 2 aliphatic rings. The van der Waals surface area contributed by atoms with Crippen molar-refractivity contribution in [2.45, 2.75) is 32.1 Å². The number of benzene rings is 1. The number of rotatable bonds is 7. The molecule has 0 N–H and O–H groups in total. The standard InChI is InChI=1S/C20H24N2O5S/c1-5-26-15-8-6-14(7-9-15)17-16(19(24)27-11-10-25-4)12(2)21-20-22(17)18(23)13(3)28-20/h6-9,13,17H,5,10-11H2,1-4H3/t13-,17-/m0/s1. The van der Waals surface area contributed by atoms with Gasteiger partial charge in [0, 0.05) is 7.11 Å². The molecule has 0 unspecified atom stereocenters. The van der Waals surface area contributed by atoms with Crippen LogP contribution in [-0.4, -0.2) is 54.1 Å². The number of thioether (sulfide) groups is 1. The highest BCUT2D eigenvalue weighted by Gasteiger charge is 2.46. The fourth-order valence-electron chi connectivity index (χ4n) is 3.19. The molecular weight excluding hydrogens is 380 g/mol. The SMILES string of the molecule is CCOc1ccc([C@H]2C(C(=O)OCCOC)=C(C)N=C3S[C@@H](C)C(=O)N32)cc1. The lowest BCUT2D eigenvalue weighted by molar-refractivity contribution is -0.141. The number of hydrogen-bond acceptors (Lipinski definition) is 7. The van der Waals surface area contributed by atoms with Crippen LogP contribution in [0.2, 0.25) is 0 Å². The van der Waals surface area contributed by atoms with E-state index >= 15 is 0 Å². The van der Waals surface area contributed by atoms with Crippen molar-refractivity contribution in [2.24, 2.45) is 4.99 Å². The van der Waals surface area contributed by atoms with E-state index in [2.05, 4.69) is 4.99 Å². The Kier molecular flexibility index (Phi) is 6.41. The molecule has 7 nitrogen and oxygen atoms in total. The second-order valence-electron chi connectivity index (χ2n) is 6.40. The first-order valence-corrected chi connectivity index (χ1v) is 10.0. The Balaban J connectivity index is 2.00. The maximum atomic E-state index is 12.8. The van der Waals surface area contributed by atoms with E-state index in [9.17, 15) is 9.59 Å². The lowest BCUT2D eigenvalue weighted by Gasteiger charge is -2.33. The third-order valence-corrected chi connectivity index (χ3v) is 5.56. The number of carbonyl (C=O) groups excluding carboxylic acids is 2. The molecule has 2 aliphatic heterocycles. The van der Waals surface area contributed by atoms with Crippen LogP contribution in [0, 0.1) is 0 Å². The van der Waals surface area contributed by atoms with Crippen LogP contribution in [-0.2, 0) is 19.1 Å². The van der Waals surface area contributed by atoms with Crippen molar-refractivity contribution < 1.29 is 23.8 Å². The first kappa shape index (κ1) is 20.4. The van der Waals surface area contributed by atoms with Crippen molar-refractivity contribution in [1.29, 1.82) is 0 Å². The number of carbonyl (C=O) groups is 2. The van der Waals surface area contributed by atoms with E-state index in [-0.39, 0.29) is 17.8 Å². The highest BCUT2D eigenvalue weighted by atomic mass is 32.2. The van der Waals surface area contributed by atoms with Crippen LogP contribution in [0.1, 0.15) is 32.4 Å². The van der Waals surface area contributed by atoms with Gasteiger partial charge in [0.15, 0.2) is 5.17 Å². The zero-order valence-electron chi connectivity index (χ0n) is 16.4.